The van der Waals surface area contributed by atoms with Crippen LogP contribution in [-0.2, 0) is 17.6 Å². The number of benzene rings is 1. The van der Waals surface area contributed by atoms with Gasteiger partial charge < -0.3 is 9.15 Å². The Morgan fingerprint density at radius 3 is 3.06 bits per heavy atom. The molecule has 1 unspecified atom stereocenters. The van der Waals surface area contributed by atoms with Crippen LogP contribution in [-0.4, -0.2) is 13.2 Å². The quantitative estimate of drug-likeness (QED) is 0.813. The van der Waals surface area contributed by atoms with Crippen LogP contribution in [0.15, 0.2) is 31.9 Å². The number of fused-ring (bicyclic) bond motifs is 2. The van der Waals surface area contributed by atoms with E-state index in [2.05, 4.69) is 15.9 Å². The number of hydrogen-bond donors (Lipinski definition) is 0. The van der Waals surface area contributed by atoms with Crippen molar-refractivity contribution in [3.8, 4) is 0 Å². The maximum atomic E-state index is 12.5. The van der Waals surface area contributed by atoms with Crippen LogP contribution in [0.25, 0.3) is 11.0 Å². The van der Waals surface area contributed by atoms with E-state index in [-0.39, 0.29) is 11.5 Å². The summed E-state index contributed by atoms with van der Waals surface area (Å²) in [7, 11) is 1.69. The van der Waals surface area contributed by atoms with Crippen molar-refractivity contribution in [1.82, 2.24) is 0 Å². The van der Waals surface area contributed by atoms with Gasteiger partial charge in [0.2, 0.25) is 0 Å². The van der Waals surface area contributed by atoms with E-state index in [9.17, 15) is 4.79 Å². The third-order valence-corrected chi connectivity index (χ3v) is 3.98. The van der Waals surface area contributed by atoms with Crippen molar-refractivity contribution in [2.45, 2.75) is 25.4 Å². The fraction of sp³-hybridized carbons (Fsp3) is 0.357. The summed E-state index contributed by atoms with van der Waals surface area (Å²) in [6, 6.07) is 5.54. The van der Waals surface area contributed by atoms with Crippen LogP contribution in [0.5, 0.6) is 0 Å². The van der Waals surface area contributed by atoms with Crippen LogP contribution >= 0.6 is 15.9 Å². The average molecular weight is 309 g/mol. The molecule has 0 radical (unpaired) electrons. The minimum atomic E-state index is 0.0781. The van der Waals surface area contributed by atoms with Crippen LogP contribution in [0.2, 0.25) is 0 Å². The molecular weight excluding hydrogens is 296 g/mol. The van der Waals surface area contributed by atoms with E-state index in [1.165, 1.54) is 0 Å². The van der Waals surface area contributed by atoms with Crippen LogP contribution in [0.1, 0.15) is 17.7 Å². The highest BCUT2D eigenvalue weighted by Crippen LogP contribution is 2.25. The van der Waals surface area contributed by atoms with Gasteiger partial charge in [0.15, 0.2) is 5.43 Å². The molecule has 2 aromatic rings. The lowest BCUT2D eigenvalue weighted by atomic mass is 9.93. The molecule has 4 heteroatoms. The second-order valence-electron chi connectivity index (χ2n) is 4.57. The van der Waals surface area contributed by atoms with Crippen molar-refractivity contribution in [3.05, 3.63) is 44.2 Å². The Balaban J connectivity index is 2.24. The average Bonchev–Trinajstić information content (AvgIpc) is 2.40. The summed E-state index contributed by atoms with van der Waals surface area (Å²) < 4.78 is 12.1. The SMILES string of the molecule is COC1CCc2oc3ccc(Br)cc3c(=O)c2C1. The Morgan fingerprint density at radius 1 is 1.44 bits per heavy atom. The number of methoxy groups -OCH3 is 1. The van der Waals surface area contributed by atoms with E-state index in [4.69, 9.17) is 9.15 Å². The van der Waals surface area contributed by atoms with Gasteiger partial charge in [-0.3, -0.25) is 4.79 Å². The highest BCUT2D eigenvalue weighted by atomic mass is 79.9. The van der Waals surface area contributed by atoms with Gasteiger partial charge in [0.05, 0.1) is 11.5 Å². The van der Waals surface area contributed by atoms with Gasteiger partial charge in [-0.1, -0.05) is 15.9 Å². The molecule has 1 aliphatic carbocycles. The summed E-state index contributed by atoms with van der Waals surface area (Å²) in [5, 5.41) is 0.639. The Morgan fingerprint density at radius 2 is 2.28 bits per heavy atom. The van der Waals surface area contributed by atoms with Crippen LogP contribution in [0.4, 0.5) is 0 Å². The summed E-state index contributed by atoms with van der Waals surface area (Å²) in [5.41, 5.74) is 1.52. The zero-order valence-corrected chi connectivity index (χ0v) is 11.6. The van der Waals surface area contributed by atoms with Crippen molar-refractivity contribution < 1.29 is 9.15 Å². The van der Waals surface area contributed by atoms with E-state index >= 15 is 0 Å². The molecule has 0 saturated heterocycles. The minimum absolute atomic E-state index is 0.0781. The second-order valence-corrected chi connectivity index (χ2v) is 5.49. The van der Waals surface area contributed by atoms with Crippen molar-refractivity contribution >= 4 is 26.9 Å². The molecule has 94 valence electrons. The van der Waals surface area contributed by atoms with Crippen LogP contribution in [0.3, 0.4) is 0 Å². The third-order valence-electron chi connectivity index (χ3n) is 3.49. The molecular formula is C14H13BrO3. The van der Waals surface area contributed by atoms with E-state index in [0.717, 1.165) is 28.6 Å². The maximum Gasteiger partial charge on any atom is 0.196 e. The van der Waals surface area contributed by atoms with Gasteiger partial charge in [0.25, 0.3) is 0 Å². The number of hydrogen-bond acceptors (Lipinski definition) is 3. The first-order valence-corrected chi connectivity index (χ1v) is 6.75. The number of ether oxygens (including phenoxy) is 1. The molecule has 0 N–H and O–H groups in total. The van der Waals surface area contributed by atoms with Crippen LogP contribution < -0.4 is 5.43 Å². The van der Waals surface area contributed by atoms with Gasteiger partial charge in [0.1, 0.15) is 11.3 Å². The second kappa shape index (κ2) is 4.52. The number of rotatable bonds is 1. The molecule has 0 amide bonds. The van der Waals surface area contributed by atoms with Gasteiger partial charge in [-0.05, 0) is 24.6 Å². The summed E-state index contributed by atoms with van der Waals surface area (Å²) in [6.07, 6.45) is 2.46. The first kappa shape index (κ1) is 11.9. The molecule has 3 nitrogen and oxygen atoms in total. The Hall–Kier alpha value is -1.13. The number of halogens is 1. The predicted molar refractivity (Wildman–Crippen MR) is 73.0 cm³/mol. The van der Waals surface area contributed by atoms with E-state index in [0.29, 0.717) is 17.4 Å². The molecule has 1 aromatic carbocycles. The van der Waals surface area contributed by atoms with Gasteiger partial charge in [-0.2, -0.15) is 0 Å². The highest BCUT2D eigenvalue weighted by Gasteiger charge is 2.24. The van der Waals surface area contributed by atoms with Crippen molar-refractivity contribution in [3.63, 3.8) is 0 Å². The van der Waals surface area contributed by atoms with E-state index in [1.54, 1.807) is 7.11 Å². The fourth-order valence-corrected chi connectivity index (χ4v) is 2.84. The first-order valence-electron chi connectivity index (χ1n) is 5.96. The summed E-state index contributed by atoms with van der Waals surface area (Å²) in [4.78, 5) is 12.5. The molecule has 0 saturated carbocycles. The van der Waals surface area contributed by atoms with Gasteiger partial charge in [-0.15, -0.1) is 0 Å². The predicted octanol–water partition coefficient (Wildman–Crippen LogP) is 3.06. The fourth-order valence-electron chi connectivity index (χ4n) is 2.48. The molecule has 1 heterocycles. The number of aryl methyl sites for hydroxylation is 1. The molecule has 1 atom stereocenters. The zero-order valence-electron chi connectivity index (χ0n) is 10.0. The third kappa shape index (κ3) is 1.89. The molecule has 0 fully saturated rings. The van der Waals surface area contributed by atoms with Crippen molar-refractivity contribution in [2.75, 3.05) is 7.11 Å². The first-order chi connectivity index (χ1) is 8.69. The molecule has 0 spiro atoms. The standard InChI is InChI=1S/C14H13BrO3/c1-17-9-3-5-13-11(7-9)14(16)10-6-8(15)2-4-12(10)18-13/h2,4,6,9H,3,5,7H2,1H3. The van der Waals surface area contributed by atoms with Crippen LogP contribution in [0, 0.1) is 0 Å². The normalized spacial score (nSPS) is 18.9. The van der Waals surface area contributed by atoms with E-state index < -0.39 is 0 Å². The molecule has 3 rings (SSSR count). The lowest BCUT2D eigenvalue weighted by Crippen LogP contribution is -2.26. The molecule has 0 aliphatic heterocycles. The molecule has 1 aromatic heterocycles. The largest absolute Gasteiger partial charge is 0.461 e. The lowest BCUT2D eigenvalue weighted by molar-refractivity contribution is 0.0877. The monoisotopic (exact) mass is 308 g/mol. The molecule has 0 bridgehead atoms. The Kier molecular flexibility index (Phi) is 2.99. The van der Waals surface area contributed by atoms with E-state index in [1.807, 2.05) is 18.2 Å². The summed E-state index contributed by atoms with van der Waals surface area (Å²) >= 11 is 3.38. The van der Waals surface area contributed by atoms with Gasteiger partial charge in [0, 0.05) is 30.0 Å². The van der Waals surface area contributed by atoms with Gasteiger partial charge in [-0.25, -0.2) is 0 Å². The molecule has 1 aliphatic rings. The summed E-state index contributed by atoms with van der Waals surface area (Å²) in [5.74, 6) is 0.822. The maximum absolute atomic E-state index is 12.5. The zero-order chi connectivity index (χ0) is 12.7. The molecule has 18 heavy (non-hydrogen) atoms. The smallest absolute Gasteiger partial charge is 0.196 e. The summed E-state index contributed by atoms with van der Waals surface area (Å²) in [6.45, 7) is 0. The Bertz CT molecular complexity index is 660. The topological polar surface area (TPSA) is 39.4 Å². The minimum Gasteiger partial charge on any atom is -0.461 e. The van der Waals surface area contributed by atoms with Crippen molar-refractivity contribution in [1.29, 1.82) is 0 Å². The Labute approximate surface area is 113 Å². The van der Waals surface area contributed by atoms with Crippen molar-refractivity contribution in [2.24, 2.45) is 0 Å². The highest BCUT2D eigenvalue weighted by molar-refractivity contribution is 9.10. The van der Waals surface area contributed by atoms with Gasteiger partial charge >= 0.3 is 0 Å². The lowest BCUT2D eigenvalue weighted by Gasteiger charge is -2.22.